The first-order valence-electron chi connectivity index (χ1n) is 7.89. The zero-order valence-electron chi connectivity index (χ0n) is 13.9. The van der Waals surface area contributed by atoms with Crippen LogP contribution in [0, 0.1) is 6.92 Å². The Labute approximate surface area is 150 Å². The average molecular weight is 364 g/mol. The van der Waals surface area contributed by atoms with Crippen molar-refractivity contribution in [1.82, 2.24) is 4.90 Å². The third-order valence-electron chi connectivity index (χ3n) is 3.49. The Bertz CT molecular complexity index is 677. The Hall–Kier alpha value is -2.35. The quantitative estimate of drug-likeness (QED) is 0.735. The molecular weight excluding hydrogens is 344 g/mol. The van der Waals surface area contributed by atoms with Crippen LogP contribution in [0.3, 0.4) is 0 Å². The number of hydrogen-bond donors (Lipinski definition) is 1. The number of carbonyl (C=O) groups is 4. The van der Waals surface area contributed by atoms with Gasteiger partial charge in [0.15, 0.2) is 6.61 Å². The second-order valence-corrected chi connectivity index (χ2v) is 6.60. The van der Waals surface area contributed by atoms with E-state index in [1.807, 2.05) is 25.1 Å². The molecule has 1 aromatic carbocycles. The molecule has 0 aliphatic carbocycles. The predicted octanol–water partition coefficient (Wildman–Crippen LogP) is 1.36. The van der Waals surface area contributed by atoms with E-state index in [0.717, 1.165) is 22.2 Å². The van der Waals surface area contributed by atoms with Crippen molar-refractivity contribution in [2.24, 2.45) is 0 Å². The number of likely N-dealkylation sites (tertiary alicyclic amines) is 1. The summed E-state index contributed by atoms with van der Waals surface area (Å²) in [4.78, 5) is 47.6. The SMILES string of the molecule is Cc1cccc(NC(=O)CSCC(=O)OCC(=O)N2CCCC2=O)c1. The number of esters is 1. The van der Waals surface area contributed by atoms with Crippen LogP contribution in [-0.2, 0) is 23.9 Å². The molecule has 8 heteroatoms. The Morgan fingerprint density at radius 1 is 1.28 bits per heavy atom. The minimum atomic E-state index is -0.589. The molecular formula is C17H20N2O5S. The molecule has 1 N–H and O–H groups in total. The van der Waals surface area contributed by atoms with Crippen LogP contribution in [0.1, 0.15) is 18.4 Å². The van der Waals surface area contributed by atoms with Gasteiger partial charge in [-0.1, -0.05) is 12.1 Å². The number of carbonyl (C=O) groups excluding carboxylic acids is 4. The van der Waals surface area contributed by atoms with Gasteiger partial charge in [-0.3, -0.25) is 24.1 Å². The Morgan fingerprint density at radius 3 is 2.76 bits per heavy atom. The van der Waals surface area contributed by atoms with Crippen LogP contribution in [0.15, 0.2) is 24.3 Å². The standard InChI is InChI=1S/C17H20N2O5S/c1-12-4-2-5-13(8-12)18-14(20)10-25-11-17(23)24-9-16(22)19-7-3-6-15(19)21/h2,4-5,8H,3,6-7,9-11H2,1H3,(H,18,20). The maximum Gasteiger partial charge on any atom is 0.316 e. The highest BCUT2D eigenvalue weighted by Crippen LogP contribution is 2.11. The van der Waals surface area contributed by atoms with E-state index >= 15 is 0 Å². The maximum atomic E-state index is 11.8. The van der Waals surface area contributed by atoms with E-state index in [0.29, 0.717) is 25.1 Å². The van der Waals surface area contributed by atoms with Gasteiger partial charge in [0.25, 0.3) is 5.91 Å². The highest BCUT2D eigenvalue weighted by atomic mass is 32.2. The van der Waals surface area contributed by atoms with E-state index in [-0.39, 0.29) is 23.3 Å². The number of benzene rings is 1. The summed E-state index contributed by atoms with van der Waals surface area (Å²) in [5.74, 6) is -1.49. The van der Waals surface area contributed by atoms with E-state index in [9.17, 15) is 19.2 Å². The largest absolute Gasteiger partial charge is 0.455 e. The van der Waals surface area contributed by atoms with Crippen LogP contribution in [0.5, 0.6) is 0 Å². The number of rotatable bonds is 7. The number of amides is 3. The summed E-state index contributed by atoms with van der Waals surface area (Å²) in [6, 6.07) is 7.41. The molecule has 0 unspecified atom stereocenters. The van der Waals surface area contributed by atoms with Crippen molar-refractivity contribution in [1.29, 1.82) is 0 Å². The second kappa shape index (κ2) is 9.22. The minimum Gasteiger partial charge on any atom is -0.455 e. The van der Waals surface area contributed by atoms with E-state index in [1.54, 1.807) is 6.07 Å². The van der Waals surface area contributed by atoms with Crippen LogP contribution < -0.4 is 5.32 Å². The van der Waals surface area contributed by atoms with E-state index in [2.05, 4.69) is 5.32 Å². The van der Waals surface area contributed by atoms with Crippen LogP contribution in [-0.4, -0.2) is 53.2 Å². The molecule has 1 aromatic rings. The summed E-state index contributed by atoms with van der Waals surface area (Å²) in [6.07, 6.45) is 0.996. The first-order valence-corrected chi connectivity index (χ1v) is 9.04. The van der Waals surface area contributed by atoms with Crippen LogP contribution >= 0.6 is 11.8 Å². The van der Waals surface area contributed by atoms with E-state index in [4.69, 9.17) is 4.74 Å². The van der Waals surface area contributed by atoms with Gasteiger partial charge in [0.05, 0.1) is 11.5 Å². The van der Waals surface area contributed by atoms with Crippen molar-refractivity contribution in [3.05, 3.63) is 29.8 Å². The summed E-state index contributed by atoms with van der Waals surface area (Å²) in [5, 5.41) is 2.74. The second-order valence-electron chi connectivity index (χ2n) is 5.61. The molecule has 0 aromatic heterocycles. The molecule has 3 amide bonds. The van der Waals surface area contributed by atoms with Gasteiger partial charge in [-0.2, -0.15) is 0 Å². The summed E-state index contributed by atoms with van der Waals surface area (Å²) in [6.45, 7) is 1.86. The van der Waals surface area contributed by atoms with Crippen molar-refractivity contribution >= 4 is 41.1 Å². The molecule has 2 rings (SSSR count). The molecule has 134 valence electrons. The van der Waals surface area contributed by atoms with Gasteiger partial charge in [-0.25, -0.2) is 0 Å². The van der Waals surface area contributed by atoms with Gasteiger partial charge in [-0.05, 0) is 31.0 Å². The fraction of sp³-hybridized carbons (Fsp3) is 0.412. The van der Waals surface area contributed by atoms with Gasteiger partial charge in [-0.15, -0.1) is 11.8 Å². The number of nitrogens with one attached hydrogen (secondary N) is 1. The number of anilines is 1. The smallest absolute Gasteiger partial charge is 0.316 e. The molecule has 1 fully saturated rings. The zero-order valence-corrected chi connectivity index (χ0v) is 14.8. The molecule has 25 heavy (non-hydrogen) atoms. The molecule has 0 spiro atoms. The van der Waals surface area contributed by atoms with Crippen LogP contribution in [0.25, 0.3) is 0 Å². The van der Waals surface area contributed by atoms with Gasteiger partial charge >= 0.3 is 5.97 Å². The number of ether oxygens (including phenoxy) is 1. The van der Waals surface area contributed by atoms with Gasteiger partial charge in [0, 0.05) is 18.7 Å². The van der Waals surface area contributed by atoms with Crippen molar-refractivity contribution in [3.63, 3.8) is 0 Å². The van der Waals surface area contributed by atoms with Crippen LogP contribution in [0.2, 0.25) is 0 Å². The molecule has 0 saturated carbocycles. The lowest BCUT2D eigenvalue weighted by molar-refractivity contribution is -0.153. The Balaban J connectivity index is 1.62. The highest BCUT2D eigenvalue weighted by molar-refractivity contribution is 8.00. The summed E-state index contributed by atoms with van der Waals surface area (Å²) in [5.41, 5.74) is 1.74. The average Bonchev–Trinajstić information content (AvgIpc) is 2.99. The first-order chi connectivity index (χ1) is 12.0. The summed E-state index contributed by atoms with van der Waals surface area (Å²) < 4.78 is 4.85. The van der Waals surface area contributed by atoms with Crippen molar-refractivity contribution in [2.75, 3.05) is 30.0 Å². The zero-order chi connectivity index (χ0) is 18.2. The maximum absolute atomic E-state index is 11.8. The van der Waals surface area contributed by atoms with E-state index < -0.39 is 18.5 Å². The molecule has 0 bridgehead atoms. The predicted molar refractivity (Wildman–Crippen MR) is 94.0 cm³/mol. The fourth-order valence-electron chi connectivity index (χ4n) is 2.32. The fourth-order valence-corrected chi connectivity index (χ4v) is 2.93. The minimum absolute atomic E-state index is 0.0392. The lowest BCUT2D eigenvalue weighted by atomic mass is 10.2. The van der Waals surface area contributed by atoms with E-state index in [1.165, 1.54) is 0 Å². The molecule has 1 aliphatic heterocycles. The molecule has 7 nitrogen and oxygen atoms in total. The van der Waals surface area contributed by atoms with Gasteiger partial charge in [0.2, 0.25) is 11.8 Å². The summed E-state index contributed by atoms with van der Waals surface area (Å²) in [7, 11) is 0. The Kier molecular flexibility index (Phi) is 7.00. The first kappa shape index (κ1) is 19.0. The number of aryl methyl sites for hydroxylation is 1. The van der Waals surface area contributed by atoms with Crippen molar-refractivity contribution in [3.8, 4) is 0 Å². The van der Waals surface area contributed by atoms with Gasteiger partial charge < -0.3 is 10.1 Å². The third kappa shape index (κ3) is 6.22. The number of imide groups is 1. The molecule has 1 saturated heterocycles. The van der Waals surface area contributed by atoms with Crippen molar-refractivity contribution in [2.45, 2.75) is 19.8 Å². The number of thioether (sulfide) groups is 1. The van der Waals surface area contributed by atoms with Crippen molar-refractivity contribution < 1.29 is 23.9 Å². The lowest BCUT2D eigenvalue weighted by Crippen LogP contribution is -2.35. The normalized spacial score (nSPS) is 13.6. The number of hydrogen-bond acceptors (Lipinski definition) is 6. The van der Waals surface area contributed by atoms with Crippen LogP contribution in [0.4, 0.5) is 5.69 Å². The molecule has 1 heterocycles. The monoisotopic (exact) mass is 364 g/mol. The topological polar surface area (TPSA) is 92.8 Å². The number of nitrogens with zero attached hydrogens (tertiary/aromatic N) is 1. The summed E-state index contributed by atoms with van der Waals surface area (Å²) >= 11 is 1.10. The lowest BCUT2D eigenvalue weighted by Gasteiger charge is -2.13. The Morgan fingerprint density at radius 2 is 2.08 bits per heavy atom. The highest BCUT2D eigenvalue weighted by Gasteiger charge is 2.26. The van der Waals surface area contributed by atoms with Gasteiger partial charge in [0.1, 0.15) is 0 Å². The third-order valence-corrected chi connectivity index (χ3v) is 4.39. The molecule has 0 radical (unpaired) electrons. The molecule has 0 atom stereocenters. The molecule has 1 aliphatic rings.